The Labute approximate surface area is 195 Å². The van der Waals surface area contributed by atoms with Crippen LogP contribution in [0.3, 0.4) is 0 Å². The van der Waals surface area contributed by atoms with Crippen molar-refractivity contribution >= 4 is 22.8 Å². The summed E-state index contributed by atoms with van der Waals surface area (Å²) in [6, 6.07) is 16.8. The van der Waals surface area contributed by atoms with Gasteiger partial charge in [0.15, 0.2) is 11.5 Å². The number of nitrogen functional groups attached to an aromatic ring is 1. The predicted octanol–water partition coefficient (Wildman–Crippen LogP) is 4.34. The summed E-state index contributed by atoms with van der Waals surface area (Å²) in [5.74, 6) is 0.112. The molecule has 2 N–H and O–H groups in total. The quantitative estimate of drug-likeness (QED) is 0.432. The van der Waals surface area contributed by atoms with E-state index >= 15 is 0 Å². The van der Waals surface area contributed by atoms with Gasteiger partial charge in [-0.05, 0) is 49.2 Å². The number of nitrogens with zero attached hydrogens (tertiary/aromatic N) is 5. The molecule has 0 radical (unpaired) electrons. The lowest BCUT2D eigenvalue weighted by molar-refractivity contribution is -0.129. The largest absolute Gasteiger partial charge is 0.457 e. The zero-order valence-electron chi connectivity index (χ0n) is 18.4. The number of halogens is 1. The number of anilines is 1. The third kappa shape index (κ3) is 4.07. The van der Waals surface area contributed by atoms with Crippen LogP contribution < -0.4 is 10.5 Å². The molecule has 2 aromatic carbocycles. The zero-order valence-corrected chi connectivity index (χ0v) is 18.4. The monoisotopic (exact) mass is 458 g/mol. The SMILES string of the molecule is C=C(F)C(=O)N1CCC[C@H]1Cn1nc(-c2ccc(Oc3ccccc3)cc2)c2c(N)ncnc21. The van der Waals surface area contributed by atoms with Gasteiger partial charge in [0.05, 0.1) is 18.0 Å². The van der Waals surface area contributed by atoms with E-state index in [1.807, 2.05) is 54.6 Å². The Balaban J connectivity index is 1.47. The van der Waals surface area contributed by atoms with Crippen LogP contribution in [-0.4, -0.2) is 43.1 Å². The molecule has 1 saturated heterocycles. The highest BCUT2D eigenvalue weighted by molar-refractivity contribution is 5.98. The highest BCUT2D eigenvalue weighted by Gasteiger charge is 2.31. The number of nitrogens with two attached hydrogens (primary N) is 1. The van der Waals surface area contributed by atoms with Crippen molar-refractivity contribution in [2.75, 3.05) is 12.3 Å². The summed E-state index contributed by atoms with van der Waals surface area (Å²) in [5.41, 5.74) is 8.22. The number of ether oxygens (including phenoxy) is 1. The summed E-state index contributed by atoms with van der Waals surface area (Å²) in [6.07, 6.45) is 2.91. The van der Waals surface area contributed by atoms with Gasteiger partial charge in [0.2, 0.25) is 0 Å². The summed E-state index contributed by atoms with van der Waals surface area (Å²) in [4.78, 5) is 22.3. The van der Waals surface area contributed by atoms with Crippen LogP contribution in [0, 0.1) is 0 Å². The van der Waals surface area contributed by atoms with Crippen molar-refractivity contribution in [2.45, 2.75) is 25.4 Å². The number of benzene rings is 2. The number of fused-ring (bicyclic) bond motifs is 1. The molecule has 0 unspecified atom stereocenters. The fourth-order valence-electron chi connectivity index (χ4n) is 4.31. The molecule has 9 heteroatoms. The lowest BCUT2D eigenvalue weighted by atomic mass is 10.1. The van der Waals surface area contributed by atoms with Gasteiger partial charge in [0.25, 0.3) is 5.91 Å². The molecule has 4 aromatic rings. The molecule has 34 heavy (non-hydrogen) atoms. The van der Waals surface area contributed by atoms with E-state index in [4.69, 9.17) is 15.6 Å². The van der Waals surface area contributed by atoms with Crippen molar-refractivity contribution in [2.24, 2.45) is 0 Å². The molecule has 172 valence electrons. The molecule has 1 aliphatic heterocycles. The fraction of sp³-hybridized carbons (Fsp3) is 0.200. The lowest BCUT2D eigenvalue weighted by Gasteiger charge is -2.23. The van der Waals surface area contributed by atoms with E-state index in [1.54, 1.807) is 4.68 Å². The predicted molar refractivity (Wildman–Crippen MR) is 127 cm³/mol. The number of hydrogen-bond donors (Lipinski definition) is 1. The van der Waals surface area contributed by atoms with Crippen molar-refractivity contribution in [1.29, 1.82) is 0 Å². The van der Waals surface area contributed by atoms with E-state index in [2.05, 4.69) is 16.5 Å². The van der Waals surface area contributed by atoms with E-state index in [-0.39, 0.29) is 6.04 Å². The molecular formula is C25H23FN6O2. The Morgan fingerprint density at radius 3 is 2.59 bits per heavy atom. The van der Waals surface area contributed by atoms with Crippen molar-refractivity contribution < 1.29 is 13.9 Å². The smallest absolute Gasteiger partial charge is 0.282 e. The standard InChI is InChI=1S/C25H23FN6O2/c1-16(26)25(33)31-13-5-6-18(31)14-32-24-21(23(27)28-15-29-24)22(30-32)17-9-11-20(12-10-17)34-19-7-3-2-4-8-19/h2-4,7-12,15,18H,1,5-6,13-14H2,(H2,27,28,29)/t18-/m0/s1. The minimum Gasteiger partial charge on any atom is -0.457 e. The first-order valence-electron chi connectivity index (χ1n) is 11.0. The number of aromatic nitrogens is 4. The van der Waals surface area contributed by atoms with Crippen LogP contribution >= 0.6 is 0 Å². The maximum atomic E-state index is 13.5. The molecule has 2 aromatic heterocycles. The fourth-order valence-corrected chi connectivity index (χ4v) is 4.31. The summed E-state index contributed by atoms with van der Waals surface area (Å²) in [5, 5.41) is 5.41. The van der Waals surface area contributed by atoms with Crippen LogP contribution in [-0.2, 0) is 11.3 Å². The molecule has 0 aliphatic carbocycles. The van der Waals surface area contributed by atoms with Gasteiger partial charge < -0.3 is 15.4 Å². The van der Waals surface area contributed by atoms with Crippen LogP contribution in [0.1, 0.15) is 12.8 Å². The van der Waals surface area contributed by atoms with Crippen LogP contribution in [0.5, 0.6) is 11.5 Å². The van der Waals surface area contributed by atoms with Gasteiger partial charge in [-0.1, -0.05) is 24.8 Å². The average molecular weight is 458 g/mol. The Hall–Kier alpha value is -4.27. The van der Waals surface area contributed by atoms with Crippen LogP contribution in [0.4, 0.5) is 10.2 Å². The molecule has 1 fully saturated rings. The maximum absolute atomic E-state index is 13.5. The molecule has 1 aliphatic rings. The van der Waals surface area contributed by atoms with Crippen molar-refractivity contribution in [3.8, 4) is 22.8 Å². The maximum Gasteiger partial charge on any atom is 0.282 e. The number of rotatable bonds is 6. The van der Waals surface area contributed by atoms with Crippen LogP contribution in [0.2, 0.25) is 0 Å². The Kier molecular flexibility index (Phi) is 5.67. The highest BCUT2D eigenvalue weighted by atomic mass is 19.1. The van der Waals surface area contributed by atoms with Gasteiger partial charge in [-0.3, -0.25) is 4.79 Å². The summed E-state index contributed by atoms with van der Waals surface area (Å²) in [7, 11) is 0. The summed E-state index contributed by atoms with van der Waals surface area (Å²) >= 11 is 0. The second-order valence-corrected chi connectivity index (χ2v) is 8.13. The minimum atomic E-state index is -0.956. The van der Waals surface area contributed by atoms with Crippen molar-refractivity contribution in [3.05, 3.63) is 73.3 Å². The Morgan fingerprint density at radius 2 is 1.85 bits per heavy atom. The van der Waals surface area contributed by atoms with E-state index < -0.39 is 11.7 Å². The third-order valence-electron chi connectivity index (χ3n) is 5.92. The Morgan fingerprint density at radius 1 is 1.12 bits per heavy atom. The molecule has 1 atom stereocenters. The second kappa shape index (κ2) is 8.93. The van der Waals surface area contributed by atoms with Gasteiger partial charge >= 0.3 is 0 Å². The molecular weight excluding hydrogens is 435 g/mol. The van der Waals surface area contributed by atoms with Gasteiger partial charge in [-0.2, -0.15) is 5.10 Å². The molecule has 3 heterocycles. The first-order valence-corrected chi connectivity index (χ1v) is 11.0. The topological polar surface area (TPSA) is 99.2 Å². The number of likely N-dealkylation sites (tertiary alicyclic amines) is 1. The number of hydrogen-bond acceptors (Lipinski definition) is 6. The zero-order chi connectivity index (χ0) is 23.7. The molecule has 1 amide bonds. The highest BCUT2D eigenvalue weighted by Crippen LogP contribution is 2.33. The average Bonchev–Trinajstić information content (AvgIpc) is 3.46. The number of para-hydroxylation sites is 1. The Bertz CT molecular complexity index is 1350. The van der Waals surface area contributed by atoms with Crippen molar-refractivity contribution in [3.63, 3.8) is 0 Å². The minimum absolute atomic E-state index is 0.214. The molecule has 8 nitrogen and oxygen atoms in total. The van der Waals surface area contributed by atoms with Gasteiger partial charge in [-0.25, -0.2) is 19.0 Å². The van der Waals surface area contributed by atoms with E-state index in [9.17, 15) is 9.18 Å². The van der Waals surface area contributed by atoms with Gasteiger partial charge in [-0.15, -0.1) is 0 Å². The number of carbonyl (C=O) groups excluding carboxylic acids is 1. The summed E-state index contributed by atoms with van der Waals surface area (Å²) < 4.78 is 21.1. The van der Waals surface area contributed by atoms with Gasteiger partial charge in [0.1, 0.15) is 29.3 Å². The third-order valence-corrected chi connectivity index (χ3v) is 5.92. The molecule has 0 spiro atoms. The normalized spacial score (nSPS) is 15.6. The van der Waals surface area contributed by atoms with Crippen molar-refractivity contribution in [1.82, 2.24) is 24.6 Å². The second-order valence-electron chi connectivity index (χ2n) is 8.13. The van der Waals surface area contributed by atoms with E-state index in [0.29, 0.717) is 41.4 Å². The van der Waals surface area contributed by atoms with E-state index in [1.165, 1.54) is 11.2 Å². The van der Waals surface area contributed by atoms with Crippen LogP contribution in [0.15, 0.2) is 73.3 Å². The molecule has 0 saturated carbocycles. The van der Waals surface area contributed by atoms with E-state index in [0.717, 1.165) is 24.2 Å². The number of carbonyl (C=O) groups is 1. The number of amides is 1. The lowest BCUT2D eigenvalue weighted by Crippen LogP contribution is -2.38. The molecule has 5 rings (SSSR count). The summed E-state index contributed by atoms with van der Waals surface area (Å²) in [6.45, 7) is 4.00. The van der Waals surface area contributed by atoms with Gasteiger partial charge in [0, 0.05) is 12.1 Å². The first kappa shape index (κ1) is 21.6. The first-order chi connectivity index (χ1) is 16.5. The molecule has 0 bridgehead atoms. The van der Waals surface area contributed by atoms with Crippen LogP contribution in [0.25, 0.3) is 22.3 Å².